The van der Waals surface area contributed by atoms with E-state index in [0.29, 0.717) is 34.0 Å². The quantitative estimate of drug-likeness (QED) is 0.420. The van der Waals surface area contributed by atoms with Crippen molar-refractivity contribution in [1.82, 2.24) is 9.78 Å². The third-order valence-corrected chi connectivity index (χ3v) is 8.12. The summed E-state index contributed by atoms with van der Waals surface area (Å²) in [6.45, 7) is 1.91. The topological polar surface area (TPSA) is 104 Å². The Morgan fingerprint density at radius 3 is 2.87 bits per heavy atom. The first-order chi connectivity index (χ1) is 18.2. The van der Waals surface area contributed by atoms with Gasteiger partial charge in [-0.15, -0.1) is 11.3 Å². The van der Waals surface area contributed by atoms with E-state index >= 15 is 0 Å². The van der Waals surface area contributed by atoms with Crippen LogP contribution in [0, 0.1) is 0 Å². The van der Waals surface area contributed by atoms with Crippen molar-refractivity contribution in [3.63, 3.8) is 0 Å². The van der Waals surface area contributed by atoms with Crippen LogP contribution in [0.15, 0.2) is 24.4 Å². The number of halogens is 3. The average molecular weight is 549 g/mol. The molecular formula is C25H23F3N4O5S. The summed E-state index contributed by atoms with van der Waals surface area (Å²) in [7, 11) is 0. The summed E-state index contributed by atoms with van der Waals surface area (Å²) < 4.78 is 59.0. The van der Waals surface area contributed by atoms with Gasteiger partial charge in [0.2, 0.25) is 6.79 Å². The van der Waals surface area contributed by atoms with Crippen LogP contribution in [0.4, 0.5) is 24.0 Å². The highest BCUT2D eigenvalue weighted by Crippen LogP contribution is 2.46. The molecule has 9 nitrogen and oxygen atoms in total. The zero-order valence-corrected chi connectivity index (χ0v) is 21.0. The second-order valence-corrected chi connectivity index (χ2v) is 10.3. The lowest BCUT2D eigenvalue weighted by atomic mass is 9.96. The maximum absolute atomic E-state index is 14.1. The Morgan fingerprint density at radius 2 is 2.08 bits per heavy atom. The van der Waals surface area contributed by atoms with E-state index in [-0.39, 0.29) is 31.2 Å². The molecule has 3 aromatic rings. The number of carbonyl (C=O) groups excluding carboxylic acids is 2. The summed E-state index contributed by atoms with van der Waals surface area (Å²) in [5, 5.41) is 10.1. The number of aromatic nitrogens is 2. The molecule has 3 aliphatic rings. The molecule has 0 bridgehead atoms. The highest BCUT2D eigenvalue weighted by molar-refractivity contribution is 7.17. The van der Waals surface area contributed by atoms with Crippen LogP contribution in [0.25, 0.3) is 0 Å². The predicted octanol–water partition coefficient (Wildman–Crippen LogP) is 5.25. The van der Waals surface area contributed by atoms with Crippen molar-refractivity contribution in [2.24, 2.45) is 0 Å². The van der Waals surface area contributed by atoms with Crippen LogP contribution in [0.5, 0.6) is 11.5 Å². The van der Waals surface area contributed by atoms with E-state index in [0.717, 1.165) is 34.2 Å². The van der Waals surface area contributed by atoms with Crippen molar-refractivity contribution in [2.45, 2.75) is 50.9 Å². The van der Waals surface area contributed by atoms with E-state index in [1.54, 1.807) is 25.1 Å². The summed E-state index contributed by atoms with van der Waals surface area (Å²) in [6, 6.07) is 2.24. The minimum absolute atomic E-state index is 0.0408. The number of ether oxygens (including phenoxy) is 3. The molecule has 2 atom stereocenters. The first kappa shape index (κ1) is 24.6. The predicted molar refractivity (Wildman–Crippen MR) is 131 cm³/mol. The minimum atomic E-state index is -4.60. The standard InChI is InChI=1S/C25H23F3N4O5S/c1-2-35-24(34)20-13-4-3-5-18(13)38-23(20)31-22(33)14-10-29-32-19(25(26,27)28)9-15(30-21(14)32)12-6-7-16-17(8-12)37-11-36-16/h6-8,10,15,19,30H,2-5,9,11H2,1H3,(H,31,33)/t15-,19-/m1/s1. The normalized spacial score (nSPS) is 19.5. The molecule has 1 aromatic carbocycles. The van der Waals surface area contributed by atoms with Gasteiger partial charge in [0.1, 0.15) is 16.4 Å². The average Bonchev–Trinajstić information content (AvgIpc) is 3.65. The fraction of sp³-hybridized carbons (Fsp3) is 0.400. The summed E-state index contributed by atoms with van der Waals surface area (Å²) >= 11 is 1.29. The van der Waals surface area contributed by atoms with E-state index in [1.165, 1.54) is 11.3 Å². The summed E-state index contributed by atoms with van der Waals surface area (Å²) in [6.07, 6.45) is -1.42. The Bertz CT molecular complexity index is 1430. The number of nitrogens with zero attached hydrogens (tertiary/aromatic N) is 2. The third kappa shape index (κ3) is 4.14. The monoisotopic (exact) mass is 548 g/mol. The van der Waals surface area contributed by atoms with Crippen LogP contribution < -0.4 is 20.1 Å². The molecule has 1 amide bonds. The molecule has 0 saturated heterocycles. The number of alkyl halides is 3. The maximum atomic E-state index is 14.1. The van der Waals surface area contributed by atoms with Crippen molar-refractivity contribution in [1.29, 1.82) is 0 Å². The fourth-order valence-corrected chi connectivity index (χ4v) is 6.43. The van der Waals surface area contributed by atoms with Crippen molar-refractivity contribution in [3.8, 4) is 11.5 Å². The summed E-state index contributed by atoms with van der Waals surface area (Å²) in [4.78, 5) is 27.1. The molecule has 0 fully saturated rings. The molecule has 2 aliphatic heterocycles. The van der Waals surface area contributed by atoms with Crippen molar-refractivity contribution in [2.75, 3.05) is 24.0 Å². The van der Waals surface area contributed by atoms with Gasteiger partial charge in [-0.1, -0.05) is 6.07 Å². The molecule has 2 aromatic heterocycles. The molecule has 2 N–H and O–H groups in total. The Hall–Kier alpha value is -3.74. The Labute approximate surface area is 218 Å². The number of esters is 1. The number of amides is 1. The Morgan fingerprint density at radius 1 is 1.26 bits per heavy atom. The van der Waals surface area contributed by atoms with Gasteiger partial charge in [0, 0.05) is 11.3 Å². The van der Waals surface area contributed by atoms with Crippen LogP contribution in [0.1, 0.15) is 68.6 Å². The van der Waals surface area contributed by atoms with Gasteiger partial charge in [-0.05, 0) is 49.4 Å². The number of rotatable bonds is 5. The highest BCUT2D eigenvalue weighted by atomic mass is 32.1. The lowest BCUT2D eigenvalue weighted by Gasteiger charge is -2.34. The van der Waals surface area contributed by atoms with Crippen LogP contribution in [-0.4, -0.2) is 41.2 Å². The SMILES string of the molecule is CCOC(=O)c1c(NC(=O)c2cnn3c2N[C@@H](c2ccc4c(c2)OCO4)C[C@@H]3C(F)(F)F)sc2c1CCC2. The molecular weight excluding hydrogens is 525 g/mol. The number of aryl methyl sites for hydroxylation is 1. The summed E-state index contributed by atoms with van der Waals surface area (Å²) in [5.41, 5.74) is 1.67. The molecule has 0 spiro atoms. The third-order valence-electron chi connectivity index (χ3n) is 6.91. The second kappa shape index (κ2) is 9.22. The zero-order chi connectivity index (χ0) is 26.6. The van der Waals surface area contributed by atoms with Crippen LogP contribution in [-0.2, 0) is 17.6 Å². The molecule has 4 heterocycles. The van der Waals surface area contributed by atoms with Crippen LogP contribution in [0.2, 0.25) is 0 Å². The molecule has 13 heteroatoms. The van der Waals surface area contributed by atoms with Crippen LogP contribution >= 0.6 is 11.3 Å². The Kier molecular flexibility index (Phi) is 5.97. The van der Waals surface area contributed by atoms with Gasteiger partial charge in [-0.3, -0.25) is 4.79 Å². The van der Waals surface area contributed by atoms with E-state index in [9.17, 15) is 22.8 Å². The molecule has 0 radical (unpaired) electrons. The molecule has 0 saturated carbocycles. The highest BCUT2D eigenvalue weighted by Gasteiger charge is 2.47. The van der Waals surface area contributed by atoms with Gasteiger partial charge in [0.05, 0.1) is 24.4 Å². The van der Waals surface area contributed by atoms with Gasteiger partial charge < -0.3 is 24.8 Å². The number of thiophene rings is 1. The molecule has 6 rings (SSSR count). The van der Waals surface area contributed by atoms with E-state index in [2.05, 4.69) is 15.7 Å². The Balaban J connectivity index is 1.33. The number of carbonyl (C=O) groups is 2. The first-order valence-corrected chi connectivity index (χ1v) is 13.0. The van der Waals surface area contributed by atoms with E-state index < -0.39 is 30.1 Å². The van der Waals surface area contributed by atoms with Gasteiger partial charge in [-0.25, -0.2) is 9.48 Å². The van der Waals surface area contributed by atoms with Gasteiger partial charge in [0.25, 0.3) is 5.91 Å². The van der Waals surface area contributed by atoms with Gasteiger partial charge >= 0.3 is 12.1 Å². The fourth-order valence-electron chi connectivity index (χ4n) is 5.16. The smallest absolute Gasteiger partial charge is 0.410 e. The number of anilines is 2. The lowest BCUT2D eigenvalue weighted by molar-refractivity contribution is -0.173. The first-order valence-electron chi connectivity index (χ1n) is 12.2. The largest absolute Gasteiger partial charge is 0.462 e. The van der Waals surface area contributed by atoms with Gasteiger partial charge in [-0.2, -0.15) is 18.3 Å². The van der Waals surface area contributed by atoms with Gasteiger partial charge in [0.15, 0.2) is 17.5 Å². The number of nitrogens with one attached hydrogen (secondary N) is 2. The van der Waals surface area contributed by atoms with Crippen LogP contribution in [0.3, 0.4) is 0 Å². The lowest BCUT2D eigenvalue weighted by Crippen LogP contribution is -2.36. The molecule has 0 unspecified atom stereocenters. The minimum Gasteiger partial charge on any atom is -0.462 e. The summed E-state index contributed by atoms with van der Waals surface area (Å²) in [5.74, 6) is -0.293. The molecule has 200 valence electrons. The van der Waals surface area contributed by atoms with Crippen molar-refractivity contribution < 1.29 is 37.0 Å². The van der Waals surface area contributed by atoms with Crippen molar-refractivity contribution >= 4 is 34.0 Å². The molecule has 1 aliphatic carbocycles. The van der Waals surface area contributed by atoms with E-state index in [1.807, 2.05) is 0 Å². The van der Waals surface area contributed by atoms with Crippen molar-refractivity contribution in [3.05, 3.63) is 51.5 Å². The number of fused-ring (bicyclic) bond motifs is 3. The number of hydrogen-bond donors (Lipinski definition) is 2. The maximum Gasteiger partial charge on any atom is 0.410 e. The second-order valence-electron chi connectivity index (χ2n) is 9.19. The molecule has 38 heavy (non-hydrogen) atoms. The zero-order valence-electron chi connectivity index (χ0n) is 20.2. The number of hydrogen-bond acceptors (Lipinski definition) is 8. The number of benzene rings is 1. The van der Waals surface area contributed by atoms with E-state index in [4.69, 9.17) is 14.2 Å².